The van der Waals surface area contributed by atoms with E-state index >= 15 is 0 Å². The molecular formula is C18H39AlO2. The SMILES string of the molecule is CCCCCC[O-].CCCCCC[O-].CCCCC[CH2][Al+2]. The van der Waals surface area contributed by atoms with Crippen LogP contribution in [0.2, 0.25) is 5.28 Å². The Morgan fingerprint density at radius 2 is 0.857 bits per heavy atom. The van der Waals surface area contributed by atoms with E-state index < -0.39 is 0 Å². The fourth-order valence-electron chi connectivity index (χ4n) is 1.63. The second kappa shape index (κ2) is 32.4. The minimum atomic E-state index is 0.111. The second-order valence-corrected chi connectivity index (χ2v) is 5.96. The van der Waals surface area contributed by atoms with Gasteiger partial charge < -0.3 is 10.2 Å². The van der Waals surface area contributed by atoms with Crippen LogP contribution in [0, 0.1) is 0 Å². The van der Waals surface area contributed by atoms with Crippen LogP contribution in [-0.4, -0.2) is 29.5 Å². The zero-order valence-electron chi connectivity index (χ0n) is 15.0. The molecule has 0 heterocycles. The third-order valence-corrected chi connectivity index (χ3v) is 3.46. The fraction of sp³-hybridized carbons (Fsp3) is 1.00. The summed E-state index contributed by atoms with van der Waals surface area (Å²) in [5.74, 6) is 0. The summed E-state index contributed by atoms with van der Waals surface area (Å²) in [6.45, 7) is 6.75. The first-order valence-corrected chi connectivity index (χ1v) is 9.92. The van der Waals surface area contributed by atoms with Crippen LogP contribution in [0.3, 0.4) is 0 Å². The summed E-state index contributed by atoms with van der Waals surface area (Å²) in [4.78, 5) is 0. The summed E-state index contributed by atoms with van der Waals surface area (Å²) >= 11 is 2.75. The molecule has 0 bridgehead atoms. The van der Waals surface area contributed by atoms with Gasteiger partial charge in [0.25, 0.3) is 0 Å². The summed E-state index contributed by atoms with van der Waals surface area (Å²) < 4.78 is 0. The van der Waals surface area contributed by atoms with Crippen molar-refractivity contribution in [2.75, 3.05) is 13.2 Å². The number of rotatable bonds is 12. The van der Waals surface area contributed by atoms with E-state index in [9.17, 15) is 10.2 Å². The van der Waals surface area contributed by atoms with Crippen molar-refractivity contribution in [3.05, 3.63) is 0 Å². The van der Waals surface area contributed by atoms with E-state index in [0.29, 0.717) is 0 Å². The number of unbranched alkanes of at least 4 members (excludes halogenated alkanes) is 9. The zero-order valence-corrected chi connectivity index (χ0v) is 16.2. The topological polar surface area (TPSA) is 46.1 Å². The standard InChI is InChI=1S/2C6H13O.C6H13.Al/c2*1-2-3-4-5-6-7;1-3-5-6-4-2;/h2*2-6H2,1H3;1,3-6H2,2H3;/q2*-1;;+2. The van der Waals surface area contributed by atoms with Crippen LogP contribution in [0.25, 0.3) is 0 Å². The van der Waals surface area contributed by atoms with Gasteiger partial charge in [-0.2, -0.15) is 0 Å². The Bertz CT molecular complexity index is 96.6. The van der Waals surface area contributed by atoms with E-state index in [1.165, 1.54) is 56.6 Å². The van der Waals surface area contributed by atoms with Crippen molar-refractivity contribution in [2.45, 2.75) is 103 Å². The molecule has 0 aromatic rings. The van der Waals surface area contributed by atoms with E-state index in [2.05, 4.69) is 37.1 Å². The Balaban J connectivity index is -0.000000231. The Kier molecular flexibility index (Phi) is 40.7. The van der Waals surface area contributed by atoms with Gasteiger partial charge in [-0.15, -0.1) is 13.2 Å². The molecule has 0 fully saturated rings. The summed E-state index contributed by atoms with van der Waals surface area (Å²) in [5, 5.41) is 20.9. The van der Waals surface area contributed by atoms with Gasteiger partial charge in [0.1, 0.15) is 0 Å². The van der Waals surface area contributed by atoms with Crippen LogP contribution < -0.4 is 10.2 Å². The van der Waals surface area contributed by atoms with Crippen molar-refractivity contribution in [3.8, 4) is 0 Å². The van der Waals surface area contributed by atoms with Crippen molar-refractivity contribution in [3.63, 3.8) is 0 Å². The molecule has 0 N–H and O–H groups in total. The third-order valence-electron chi connectivity index (χ3n) is 3.05. The molecule has 21 heavy (non-hydrogen) atoms. The van der Waals surface area contributed by atoms with Gasteiger partial charge >= 0.3 is 54.2 Å². The Morgan fingerprint density at radius 3 is 1.10 bits per heavy atom. The molecule has 0 amide bonds. The molecule has 0 spiro atoms. The molecule has 0 rings (SSSR count). The number of hydrogen-bond acceptors (Lipinski definition) is 2. The second-order valence-electron chi connectivity index (χ2n) is 5.38. The Hall–Kier alpha value is 0.452. The molecule has 0 saturated heterocycles. The molecule has 0 radical (unpaired) electrons. The monoisotopic (exact) mass is 314 g/mol. The van der Waals surface area contributed by atoms with Gasteiger partial charge in [-0.25, -0.2) is 0 Å². The molecule has 0 atom stereocenters. The first kappa shape index (κ1) is 26.4. The molecule has 0 unspecified atom stereocenters. The molecule has 126 valence electrons. The van der Waals surface area contributed by atoms with Gasteiger partial charge in [0.2, 0.25) is 0 Å². The van der Waals surface area contributed by atoms with Gasteiger partial charge in [-0.3, -0.25) is 0 Å². The molecule has 0 aromatic heterocycles. The van der Waals surface area contributed by atoms with Crippen molar-refractivity contribution < 1.29 is 10.2 Å². The first-order chi connectivity index (χ1) is 10.2. The van der Waals surface area contributed by atoms with Gasteiger partial charge in [0.15, 0.2) is 0 Å². The van der Waals surface area contributed by atoms with E-state index in [1.807, 2.05) is 0 Å². The van der Waals surface area contributed by atoms with Gasteiger partial charge in [-0.1, -0.05) is 65.2 Å². The maximum atomic E-state index is 9.80. The van der Waals surface area contributed by atoms with Crippen LogP contribution in [0.1, 0.15) is 97.8 Å². The minimum absolute atomic E-state index is 0.111. The summed E-state index contributed by atoms with van der Waals surface area (Å²) in [6.07, 6.45) is 14.4. The molecule has 0 aliphatic rings. The summed E-state index contributed by atoms with van der Waals surface area (Å²) in [5.41, 5.74) is 0. The van der Waals surface area contributed by atoms with Crippen LogP contribution in [0.5, 0.6) is 0 Å². The summed E-state index contributed by atoms with van der Waals surface area (Å²) in [7, 11) is 0. The van der Waals surface area contributed by atoms with Crippen LogP contribution in [-0.2, 0) is 0 Å². The maximum absolute atomic E-state index is 9.80. The van der Waals surface area contributed by atoms with Crippen LogP contribution in [0.4, 0.5) is 0 Å². The molecule has 3 heteroatoms. The van der Waals surface area contributed by atoms with Crippen molar-refractivity contribution >= 4 is 16.3 Å². The average molecular weight is 314 g/mol. The van der Waals surface area contributed by atoms with Gasteiger partial charge in [0, 0.05) is 0 Å². The predicted octanol–water partition coefficient (Wildman–Crippen LogP) is 4.01. The van der Waals surface area contributed by atoms with Crippen molar-refractivity contribution in [2.24, 2.45) is 0 Å². The van der Waals surface area contributed by atoms with E-state index in [0.717, 1.165) is 25.7 Å². The normalized spacial score (nSPS) is 9.48. The van der Waals surface area contributed by atoms with Gasteiger partial charge in [0.05, 0.1) is 0 Å². The molecule has 2 nitrogen and oxygen atoms in total. The molecule has 0 saturated carbocycles. The molecule has 0 aliphatic heterocycles. The zero-order chi connectivity index (χ0) is 16.6. The summed E-state index contributed by atoms with van der Waals surface area (Å²) in [6, 6.07) is 0. The van der Waals surface area contributed by atoms with Gasteiger partial charge in [-0.05, 0) is 0 Å². The van der Waals surface area contributed by atoms with E-state index in [1.54, 1.807) is 0 Å². The van der Waals surface area contributed by atoms with Crippen LogP contribution >= 0.6 is 0 Å². The Labute approximate surface area is 143 Å². The average Bonchev–Trinajstić information content (AvgIpc) is 2.50. The molecular weight excluding hydrogens is 275 g/mol. The van der Waals surface area contributed by atoms with E-state index in [4.69, 9.17) is 0 Å². The quantitative estimate of drug-likeness (QED) is 0.403. The third kappa shape index (κ3) is 44.9. The predicted molar refractivity (Wildman–Crippen MR) is 92.7 cm³/mol. The first-order valence-electron chi connectivity index (χ1n) is 9.11. The Morgan fingerprint density at radius 1 is 0.524 bits per heavy atom. The fourth-order valence-corrected chi connectivity index (χ4v) is 1.92. The van der Waals surface area contributed by atoms with Crippen molar-refractivity contribution in [1.29, 1.82) is 0 Å². The molecule has 0 aliphatic carbocycles. The van der Waals surface area contributed by atoms with E-state index in [-0.39, 0.29) is 13.2 Å². The van der Waals surface area contributed by atoms with Crippen LogP contribution in [0.15, 0.2) is 0 Å². The number of hydrogen-bond donors (Lipinski definition) is 0. The van der Waals surface area contributed by atoms with Crippen molar-refractivity contribution in [1.82, 2.24) is 0 Å². The molecule has 0 aromatic carbocycles.